The number of carboxylic acids is 1. The van der Waals surface area contributed by atoms with Crippen LogP contribution >= 0.6 is 15.9 Å². The number of nitrogens with zero attached hydrogens (tertiary/aromatic N) is 1. The Bertz CT molecular complexity index is 560. The third-order valence-corrected chi connectivity index (χ3v) is 3.10. The van der Waals surface area contributed by atoms with Crippen LogP contribution in [0.25, 0.3) is 11.1 Å². The van der Waals surface area contributed by atoms with Crippen LogP contribution in [-0.4, -0.2) is 15.6 Å². The summed E-state index contributed by atoms with van der Waals surface area (Å²) in [5, 5.41) is 9.18. The molecule has 0 spiro atoms. The van der Waals surface area contributed by atoms with Crippen LogP contribution in [0.4, 0.5) is 0 Å². The number of carboxylic acid groups (broad SMARTS) is 1. The van der Waals surface area contributed by atoms with Gasteiger partial charge in [-0.3, -0.25) is 0 Å². The predicted octanol–water partition coefficient (Wildman–Crippen LogP) is 3.64. The van der Waals surface area contributed by atoms with Gasteiger partial charge in [-0.25, -0.2) is 4.79 Å². The van der Waals surface area contributed by atoms with E-state index < -0.39 is 5.97 Å². The molecule has 0 atom stereocenters. The van der Waals surface area contributed by atoms with E-state index in [2.05, 4.69) is 15.9 Å². The van der Waals surface area contributed by atoms with Gasteiger partial charge in [0.15, 0.2) is 0 Å². The van der Waals surface area contributed by atoms with Crippen LogP contribution in [0.2, 0.25) is 0 Å². The number of halogens is 1. The molecule has 0 radical (unpaired) electrons. The Morgan fingerprint density at radius 3 is 2.76 bits per heavy atom. The number of hydrogen-bond acceptors (Lipinski definition) is 1. The minimum atomic E-state index is -0.896. The molecule has 1 heterocycles. The predicted molar refractivity (Wildman–Crippen MR) is 70.2 cm³/mol. The number of aromatic carboxylic acids is 1. The summed E-state index contributed by atoms with van der Waals surface area (Å²) in [7, 11) is 0. The molecule has 0 aliphatic rings. The normalized spacial score (nSPS) is 10.5. The molecule has 0 aliphatic carbocycles. The quantitative estimate of drug-likeness (QED) is 0.939. The zero-order valence-electron chi connectivity index (χ0n) is 9.35. The van der Waals surface area contributed by atoms with Crippen molar-refractivity contribution in [2.75, 3.05) is 0 Å². The molecular weight excluding hydrogens is 282 g/mol. The lowest BCUT2D eigenvalue weighted by Crippen LogP contribution is -1.96. The van der Waals surface area contributed by atoms with E-state index in [1.807, 2.05) is 42.0 Å². The third kappa shape index (κ3) is 2.42. The Hall–Kier alpha value is -1.55. The molecule has 4 heteroatoms. The summed E-state index contributed by atoms with van der Waals surface area (Å²) in [6, 6.07) is 7.64. The van der Waals surface area contributed by atoms with E-state index in [0.29, 0.717) is 5.56 Å². The van der Waals surface area contributed by atoms with Gasteiger partial charge in [0.1, 0.15) is 0 Å². The topological polar surface area (TPSA) is 42.2 Å². The smallest absolute Gasteiger partial charge is 0.337 e. The van der Waals surface area contributed by atoms with Crippen LogP contribution in [-0.2, 0) is 6.54 Å². The minimum Gasteiger partial charge on any atom is -0.478 e. The van der Waals surface area contributed by atoms with E-state index in [1.165, 1.54) is 0 Å². The molecule has 2 aromatic rings. The van der Waals surface area contributed by atoms with Gasteiger partial charge in [-0.15, -0.1) is 0 Å². The van der Waals surface area contributed by atoms with Gasteiger partial charge in [0.05, 0.1) is 5.56 Å². The van der Waals surface area contributed by atoms with Crippen molar-refractivity contribution in [2.24, 2.45) is 0 Å². The van der Waals surface area contributed by atoms with Crippen molar-refractivity contribution >= 4 is 21.9 Å². The molecule has 17 heavy (non-hydrogen) atoms. The average Bonchev–Trinajstić information content (AvgIpc) is 2.73. The second kappa shape index (κ2) is 4.75. The molecular formula is C13H12BrNO2. The number of aryl methyl sites for hydroxylation is 1. The summed E-state index contributed by atoms with van der Waals surface area (Å²) in [6.07, 6.45) is 3.53. The first-order valence-electron chi connectivity index (χ1n) is 5.31. The second-order valence-electron chi connectivity index (χ2n) is 3.73. The fraction of sp³-hybridized carbons (Fsp3) is 0.154. The molecule has 0 unspecified atom stereocenters. The lowest BCUT2D eigenvalue weighted by Gasteiger charge is -2.01. The standard InChI is InChI=1S/C13H12BrNO2/c1-2-15-7-11(12(8-15)13(16)17)9-4-3-5-10(14)6-9/h3-8H,2H2,1H3,(H,16,17). The fourth-order valence-corrected chi connectivity index (χ4v) is 2.15. The lowest BCUT2D eigenvalue weighted by molar-refractivity contribution is 0.0697. The molecule has 0 amide bonds. The molecule has 0 fully saturated rings. The summed E-state index contributed by atoms with van der Waals surface area (Å²) in [5.74, 6) is -0.896. The molecule has 88 valence electrons. The monoisotopic (exact) mass is 293 g/mol. The van der Waals surface area contributed by atoms with Gasteiger partial charge in [0.2, 0.25) is 0 Å². The average molecular weight is 294 g/mol. The highest BCUT2D eigenvalue weighted by molar-refractivity contribution is 9.10. The lowest BCUT2D eigenvalue weighted by atomic mass is 10.1. The van der Waals surface area contributed by atoms with Gasteiger partial charge in [0.25, 0.3) is 0 Å². The van der Waals surface area contributed by atoms with Crippen LogP contribution < -0.4 is 0 Å². The number of carbonyl (C=O) groups is 1. The van der Waals surface area contributed by atoms with Crippen LogP contribution in [0.1, 0.15) is 17.3 Å². The first-order valence-corrected chi connectivity index (χ1v) is 6.10. The molecule has 1 N–H and O–H groups in total. The first kappa shape index (κ1) is 11.9. The van der Waals surface area contributed by atoms with E-state index in [1.54, 1.807) is 6.20 Å². The molecule has 3 nitrogen and oxygen atoms in total. The van der Waals surface area contributed by atoms with Gasteiger partial charge in [0, 0.05) is 29.0 Å². The molecule has 0 aliphatic heterocycles. The Kier molecular flexibility index (Phi) is 3.33. The maximum Gasteiger partial charge on any atom is 0.337 e. The molecule has 1 aromatic carbocycles. The fourth-order valence-electron chi connectivity index (χ4n) is 1.75. The van der Waals surface area contributed by atoms with Crippen molar-refractivity contribution in [1.82, 2.24) is 4.57 Å². The molecule has 0 saturated carbocycles. The van der Waals surface area contributed by atoms with E-state index in [0.717, 1.165) is 22.1 Å². The van der Waals surface area contributed by atoms with Gasteiger partial charge < -0.3 is 9.67 Å². The highest BCUT2D eigenvalue weighted by atomic mass is 79.9. The minimum absolute atomic E-state index is 0.338. The van der Waals surface area contributed by atoms with Crippen molar-refractivity contribution in [3.05, 3.63) is 46.7 Å². The summed E-state index contributed by atoms with van der Waals surface area (Å²) in [5.41, 5.74) is 1.99. The first-order chi connectivity index (χ1) is 8.11. The van der Waals surface area contributed by atoms with Crippen molar-refractivity contribution in [3.63, 3.8) is 0 Å². The van der Waals surface area contributed by atoms with Gasteiger partial charge in [-0.05, 0) is 24.6 Å². The van der Waals surface area contributed by atoms with E-state index >= 15 is 0 Å². The maximum absolute atomic E-state index is 11.2. The Morgan fingerprint density at radius 2 is 2.18 bits per heavy atom. The third-order valence-electron chi connectivity index (χ3n) is 2.61. The van der Waals surface area contributed by atoms with Crippen LogP contribution in [0.3, 0.4) is 0 Å². The van der Waals surface area contributed by atoms with E-state index in [-0.39, 0.29) is 0 Å². The number of benzene rings is 1. The zero-order chi connectivity index (χ0) is 12.4. The summed E-state index contributed by atoms with van der Waals surface area (Å²) in [6.45, 7) is 2.74. The van der Waals surface area contributed by atoms with Crippen LogP contribution in [0.15, 0.2) is 41.1 Å². The van der Waals surface area contributed by atoms with Gasteiger partial charge in [-0.1, -0.05) is 28.1 Å². The van der Waals surface area contributed by atoms with Crippen molar-refractivity contribution in [2.45, 2.75) is 13.5 Å². The Balaban J connectivity index is 2.57. The molecule has 2 rings (SSSR count). The zero-order valence-corrected chi connectivity index (χ0v) is 10.9. The van der Waals surface area contributed by atoms with Crippen LogP contribution in [0.5, 0.6) is 0 Å². The van der Waals surface area contributed by atoms with Crippen molar-refractivity contribution in [3.8, 4) is 11.1 Å². The highest BCUT2D eigenvalue weighted by Gasteiger charge is 2.14. The summed E-state index contributed by atoms with van der Waals surface area (Å²) >= 11 is 3.39. The van der Waals surface area contributed by atoms with Crippen molar-refractivity contribution in [1.29, 1.82) is 0 Å². The van der Waals surface area contributed by atoms with Crippen molar-refractivity contribution < 1.29 is 9.90 Å². The molecule has 1 aromatic heterocycles. The number of rotatable bonds is 3. The molecule has 0 bridgehead atoms. The second-order valence-corrected chi connectivity index (χ2v) is 4.65. The summed E-state index contributed by atoms with van der Waals surface area (Å²) < 4.78 is 2.82. The van der Waals surface area contributed by atoms with E-state index in [4.69, 9.17) is 0 Å². The maximum atomic E-state index is 11.2. The number of aromatic nitrogens is 1. The Labute approximate surface area is 108 Å². The number of hydrogen-bond donors (Lipinski definition) is 1. The molecule has 0 saturated heterocycles. The van der Waals surface area contributed by atoms with E-state index in [9.17, 15) is 9.90 Å². The SMILES string of the molecule is CCn1cc(C(=O)O)c(-c2cccc(Br)c2)c1. The van der Waals surface area contributed by atoms with Gasteiger partial charge in [-0.2, -0.15) is 0 Å². The largest absolute Gasteiger partial charge is 0.478 e. The summed E-state index contributed by atoms with van der Waals surface area (Å²) in [4.78, 5) is 11.2. The highest BCUT2D eigenvalue weighted by Crippen LogP contribution is 2.27. The Morgan fingerprint density at radius 1 is 1.41 bits per heavy atom. The van der Waals surface area contributed by atoms with Gasteiger partial charge >= 0.3 is 5.97 Å². The van der Waals surface area contributed by atoms with Crippen LogP contribution in [0, 0.1) is 0 Å².